The van der Waals surface area contributed by atoms with Gasteiger partial charge in [-0.1, -0.05) is 76.6 Å². The van der Waals surface area contributed by atoms with E-state index in [9.17, 15) is 28.8 Å². The number of carbonyl (C=O) groups is 4. The second kappa shape index (κ2) is 20.4. The van der Waals surface area contributed by atoms with Crippen LogP contribution in [0.3, 0.4) is 0 Å². The number of imide groups is 2. The summed E-state index contributed by atoms with van der Waals surface area (Å²) in [5, 5.41) is 0.880. The number of hydrogen-bond donors (Lipinski definition) is 0. The number of hydrogen-bond acceptors (Lipinski definition) is 10. The Morgan fingerprint density at radius 3 is 1.72 bits per heavy atom. The monoisotopic (exact) mass is 1020 g/mol. The molecule has 14 nitrogen and oxygen atoms in total. The number of para-hydroxylation sites is 5. The molecule has 0 saturated heterocycles. The molecule has 4 amide bonds. The van der Waals surface area contributed by atoms with Crippen molar-refractivity contribution in [1.82, 2.24) is 28.9 Å². The van der Waals surface area contributed by atoms with Gasteiger partial charge in [-0.2, -0.15) is 0 Å². The maximum atomic E-state index is 14.6. The van der Waals surface area contributed by atoms with Crippen molar-refractivity contribution in [3.63, 3.8) is 0 Å². The van der Waals surface area contributed by atoms with Crippen LogP contribution in [0.15, 0.2) is 143 Å². The van der Waals surface area contributed by atoms with Gasteiger partial charge in [0.15, 0.2) is 0 Å². The third kappa shape index (κ3) is 8.89. The molecule has 0 N–H and O–H groups in total. The van der Waals surface area contributed by atoms with E-state index in [0.29, 0.717) is 130 Å². The molecule has 4 heterocycles. The smallest absolute Gasteiger partial charge is 0.266 e. The first kappa shape index (κ1) is 47.6. The van der Waals surface area contributed by atoms with Crippen LogP contribution in [0.1, 0.15) is 109 Å². The molecule has 2 aliphatic rings. The van der Waals surface area contributed by atoms with Crippen molar-refractivity contribution in [1.29, 1.82) is 0 Å². The number of ether oxygens (including phenoxy) is 2. The van der Waals surface area contributed by atoms with Crippen molar-refractivity contribution >= 4 is 61.4 Å². The molecule has 0 spiro atoms. The number of halogens is 1. The molecule has 1 unspecified atom stereocenters. The second-order valence-corrected chi connectivity index (χ2v) is 18.7. The number of nitrogens with zero attached hydrogens (tertiary/aromatic N) is 6. The van der Waals surface area contributed by atoms with Crippen LogP contribution in [-0.4, -0.2) is 78.8 Å². The van der Waals surface area contributed by atoms with E-state index in [-0.39, 0.29) is 47.8 Å². The van der Waals surface area contributed by atoms with Crippen molar-refractivity contribution in [3.8, 4) is 22.9 Å². The number of carbonyl (C=O) groups excluding carboxylic acids is 4. The van der Waals surface area contributed by atoms with Crippen LogP contribution in [0, 0.1) is 0 Å². The zero-order valence-corrected chi connectivity index (χ0v) is 41.3. The first-order valence-electron chi connectivity index (χ1n) is 24.1. The van der Waals surface area contributed by atoms with Crippen molar-refractivity contribution in [2.45, 2.75) is 57.2 Å². The highest BCUT2D eigenvalue weighted by Crippen LogP contribution is 2.34. The maximum absolute atomic E-state index is 14.6. The highest BCUT2D eigenvalue weighted by molar-refractivity contribution is 9.09. The van der Waals surface area contributed by atoms with Crippen LogP contribution in [0.4, 0.5) is 0 Å². The number of amides is 4. The Bertz CT molecular complexity index is 3570. The number of aromatic nitrogens is 4. The van der Waals surface area contributed by atoms with E-state index in [0.717, 1.165) is 11.1 Å². The number of fused-ring (bicyclic) bond motifs is 4. The Balaban J connectivity index is 0.861. The number of rotatable bonds is 18. The van der Waals surface area contributed by atoms with Gasteiger partial charge in [0.2, 0.25) is 0 Å². The minimum atomic E-state index is -0.466. The van der Waals surface area contributed by atoms with Crippen molar-refractivity contribution < 1.29 is 28.7 Å². The molecule has 2 aromatic heterocycles. The molecule has 0 radical (unpaired) electrons. The topological polar surface area (TPSA) is 163 Å². The van der Waals surface area contributed by atoms with Gasteiger partial charge < -0.3 is 9.47 Å². The molecule has 6 aromatic carbocycles. The number of unbranched alkanes of at least 4 members (excludes halogenated alkanes) is 1. The van der Waals surface area contributed by atoms with Gasteiger partial charge in [0.05, 0.1) is 73.5 Å². The quantitative estimate of drug-likeness (QED) is 0.0460. The van der Waals surface area contributed by atoms with Crippen LogP contribution >= 0.6 is 15.9 Å². The Hall–Kier alpha value is -8.04. The van der Waals surface area contributed by atoms with Gasteiger partial charge in [0.25, 0.3) is 34.7 Å². The number of benzene rings is 6. The lowest BCUT2D eigenvalue weighted by atomic mass is 9.99. The summed E-state index contributed by atoms with van der Waals surface area (Å²) in [6.45, 7) is 4.95. The SMILES string of the molecule is CCOc1ccccc1-n1c(CCCCN2C(=O)c3ccc(Cc4ccc5c(=O)n(-c6ccccc6OCC)c(C(Br)CCCN6C(=O)c7ccccc7C6=O)nc5c4)cc3C2=O)nc2ccccc2c1=O. The summed E-state index contributed by atoms with van der Waals surface area (Å²) in [5.41, 5.74) is 4.77. The van der Waals surface area contributed by atoms with E-state index in [1.54, 1.807) is 63.7 Å². The summed E-state index contributed by atoms with van der Waals surface area (Å²) in [6, 6.07) is 39.5. The third-order valence-electron chi connectivity index (χ3n) is 13.1. The Labute approximate surface area is 422 Å². The Kier molecular flexibility index (Phi) is 13.5. The normalized spacial score (nSPS) is 13.6. The summed E-state index contributed by atoms with van der Waals surface area (Å²) in [7, 11) is 0. The van der Waals surface area contributed by atoms with Crippen LogP contribution in [0.5, 0.6) is 11.5 Å². The summed E-state index contributed by atoms with van der Waals surface area (Å²) in [4.78, 5) is 94.4. The molecule has 1 atom stereocenters. The molecular weight excluding hydrogens is 977 g/mol. The molecule has 10 rings (SSSR count). The van der Waals surface area contributed by atoms with Gasteiger partial charge in [-0.25, -0.2) is 9.97 Å². The number of aryl methyl sites for hydroxylation is 1. The van der Waals surface area contributed by atoms with E-state index < -0.39 is 4.83 Å². The minimum absolute atomic E-state index is 0.192. The van der Waals surface area contributed by atoms with E-state index in [1.807, 2.05) is 92.7 Å². The molecular formula is C57H49BrN6O8. The highest BCUT2D eigenvalue weighted by Gasteiger charge is 2.36. The molecule has 362 valence electrons. The van der Waals surface area contributed by atoms with Crippen LogP contribution < -0.4 is 20.6 Å². The van der Waals surface area contributed by atoms with Crippen molar-refractivity contribution in [3.05, 3.63) is 199 Å². The highest BCUT2D eigenvalue weighted by atomic mass is 79.9. The Morgan fingerprint density at radius 1 is 0.514 bits per heavy atom. The predicted octanol–water partition coefficient (Wildman–Crippen LogP) is 9.60. The fraction of sp³-hybridized carbons (Fsp3) is 0.228. The molecule has 0 fully saturated rings. The van der Waals surface area contributed by atoms with E-state index in [2.05, 4.69) is 15.9 Å². The molecule has 15 heteroatoms. The van der Waals surface area contributed by atoms with E-state index >= 15 is 0 Å². The lowest BCUT2D eigenvalue weighted by molar-refractivity contribution is 0.0636. The lowest BCUT2D eigenvalue weighted by Gasteiger charge is -2.20. The van der Waals surface area contributed by atoms with Gasteiger partial charge in [-0.3, -0.25) is 47.7 Å². The zero-order valence-electron chi connectivity index (χ0n) is 39.7. The van der Waals surface area contributed by atoms with Crippen LogP contribution in [0.25, 0.3) is 33.2 Å². The molecule has 0 aliphatic carbocycles. The third-order valence-corrected chi connectivity index (χ3v) is 14.0. The van der Waals surface area contributed by atoms with Gasteiger partial charge in [-0.05, 0) is 130 Å². The lowest BCUT2D eigenvalue weighted by Crippen LogP contribution is -2.31. The number of alkyl halides is 1. The van der Waals surface area contributed by atoms with Crippen LogP contribution in [-0.2, 0) is 12.8 Å². The maximum Gasteiger partial charge on any atom is 0.266 e. The van der Waals surface area contributed by atoms with Crippen molar-refractivity contribution in [2.24, 2.45) is 0 Å². The van der Waals surface area contributed by atoms with Gasteiger partial charge in [0, 0.05) is 19.5 Å². The van der Waals surface area contributed by atoms with E-state index in [1.165, 1.54) is 9.80 Å². The average Bonchev–Trinajstić information content (AvgIpc) is 3.78. The molecule has 2 aliphatic heterocycles. The van der Waals surface area contributed by atoms with Gasteiger partial charge in [0.1, 0.15) is 23.1 Å². The zero-order chi connectivity index (χ0) is 50.0. The predicted molar refractivity (Wildman–Crippen MR) is 277 cm³/mol. The van der Waals surface area contributed by atoms with Gasteiger partial charge >= 0.3 is 0 Å². The fourth-order valence-corrected chi connectivity index (χ4v) is 10.3. The van der Waals surface area contributed by atoms with Crippen LogP contribution in [0.2, 0.25) is 0 Å². The molecule has 72 heavy (non-hydrogen) atoms. The minimum Gasteiger partial charge on any atom is -0.492 e. The second-order valence-electron chi connectivity index (χ2n) is 17.6. The largest absolute Gasteiger partial charge is 0.492 e. The molecule has 0 bridgehead atoms. The molecule has 8 aromatic rings. The summed E-state index contributed by atoms with van der Waals surface area (Å²) in [6.07, 6.45) is 2.72. The Morgan fingerprint density at radius 2 is 1.04 bits per heavy atom. The first-order valence-corrected chi connectivity index (χ1v) is 25.1. The first-order chi connectivity index (χ1) is 35.1. The average molecular weight is 1030 g/mol. The summed E-state index contributed by atoms with van der Waals surface area (Å²) >= 11 is 3.83. The molecule has 0 saturated carbocycles. The van der Waals surface area contributed by atoms with E-state index in [4.69, 9.17) is 19.4 Å². The summed E-state index contributed by atoms with van der Waals surface area (Å²) < 4.78 is 15.0. The van der Waals surface area contributed by atoms with Gasteiger partial charge in [-0.15, -0.1) is 0 Å². The summed E-state index contributed by atoms with van der Waals surface area (Å²) in [5.74, 6) is 0.692. The van der Waals surface area contributed by atoms with Crippen molar-refractivity contribution in [2.75, 3.05) is 26.3 Å². The fourth-order valence-electron chi connectivity index (χ4n) is 9.67. The standard InChI is InChI=1S/C57H49BrN6O8/c1-3-71-48-23-11-9-21-46(48)63-50(59-44-20-8-7-18-40(44)56(63)69)25-13-14-30-61-54(67)39-28-26-35(33-42(39)55(61)68)32-36-27-29-41-45(34-36)60-51(64(57(41)70)47-22-10-12-24-49(47)72-4-2)43(58)19-15-31-62-52(65)37-16-5-6-17-38(37)53(62)66/h5-12,16-18,20-24,26-29,33-34,43H,3-4,13-15,19,25,30-32H2,1-2H3.